The van der Waals surface area contributed by atoms with Crippen LogP contribution in [-0.4, -0.2) is 37.4 Å². The van der Waals surface area contributed by atoms with Gasteiger partial charge >= 0.3 is 5.97 Å². The van der Waals surface area contributed by atoms with E-state index in [1.165, 1.54) is 12.1 Å². The van der Waals surface area contributed by atoms with Crippen molar-refractivity contribution in [1.82, 2.24) is 0 Å². The van der Waals surface area contributed by atoms with Crippen molar-refractivity contribution in [3.05, 3.63) is 28.0 Å². The van der Waals surface area contributed by atoms with E-state index in [-0.39, 0.29) is 16.1 Å². The maximum atomic E-state index is 14.2. The Morgan fingerprint density at radius 3 is 2.68 bits per heavy atom. The number of hydrogen-bond acceptors (Lipinski definition) is 3. The van der Waals surface area contributed by atoms with E-state index in [2.05, 4.69) is 15.9 Å². The second-order valence-electron chi connectivity index (χ2n) is 4.52. The van der Waals surface area contributed by atoms with Crippen LogP contribution in [0.5, 0.6) is 0 Å². The van der Waals surface area contributed by atoms with Crippen LogP contribution in [-0.2, 0) is 4.74 Å². The molecule has 0 amide bonds. The van der Waals surface area contributed by atoms with Crippen LogP contribution in [0.15, 0.2) is 16.6 Å². The molecule has 0 aromatic heterocycles. The van der Waals surface area contributed by atoms with Crippen molar-refractivity contribution >= 4 is 27.6 Å². The number of ether oxygens (including phenoxy) is 1. The molecule has 2 rings (SSSR count). The number of nitrogens with zero attached hydrogens (tertiary/aromatic N) is 1. The van der Waals surface area contributed by atoms with Gasteiger partial charge in [0.15, 0.2) is 5.82 Å². The second-order valence-corrected chi connectivity index (χ2v) is 5.31. The van der Waals surface area contributed by atoms with Gasteiger partial charge in [0, 0.05) is 26.3 Å². The highest BCUT2D eigenvalue weighted by atomic mass is 79.9. The Morgan fingerprint density at radius 2 is 2.11 bits per heavy atom. The van der Waals surface area contributed by atoms with Crippen LogP contribution in [0, 0.1) is 5.82 Å². The molecule has 0 spiro atoms. The molecule has 1 aliphatic rings. The number of aromatic carboxylic acids is 1. The Balaban J connectivity index is 2.29. The second kappa shape index (κ2) is 5.88. The summed E-state index contributed by atoms with van der Waals surface area (Å²) in [6.45, 7) is 1.34. The molecule has 104 valence electrons. The maximum absolute atomic E-state index is 14.2. The Morgan fingerprint density at radius 1 is 1.47 bits per heavy atom. The van der Waals surface area contributed by atoms with Crippen LogP contribution in [0.1, 0.15) is 23.2 Å². The van der Waals surface area contributed by atoms with Gasteiger partial charge in [-0.2, -0.15) is 0 Å². The Hall–Kier alpha value is -1.14. The predicted molar refractivity (Wildman–Crippen MR) is 73.3 cm³/mol. The van der Waals surface area contributed by atoms with Crippen molar-refractivity contribution in [2.45, 2.75) is 18.9 Å². The lowest BCUT2D eigenvalue weighted by Crippen LogP contribution is -2.37. The van der Waals surface area contributed by atoms with Gasteiger partial charge in [-0.3, -0.25) is 0 Å². The average molecular weight is 332 g/mol. The zero-order valence-electron chi connectivity index (χ0n) is 10.5. The van der Waals surface area contributed by atoms with Crippen molar-refractivity contribution < 1.29 is 19.0 Å². The average Bonchev–Trinajstić information content (AvgIpc) is 2.41. The highest BCUT2D eigenvalue weighted by Crippen LogP contribution is 2.31. The first-order valence-corrected chi connectivity index (χ1v) is 6.83. The molecule has 1 heterocycles. The highest BCUT2D eigenvalue weighted by molar-refractivity contribution is 9.10. The molecule has 6 heteroatoms. The van der Waals surface area contributed by atoms with Crippen LogP contribution in [0.2, 0.25) is 0 Å². The van der Waals surface area contributed by atoms with Gasteiger partial charge in [-0.25, -0.2) is 9.18 Å². The molecule has 0 bridgehead atoms. The number of carbonyl (C=O) groups is 1. The fourth-order valence-corrected chi connectivity index (χ4v) is 2.75. The molecule has 0 radical (unpaired) electrons. The Bertz CT molecular complexity index is 489. The maximum Gasteiger partial charge on any atom is 0.336 e. The smallest absolute Gasteiger partial charge is 0.336 e. The summed E-state index contributed by atoms with van der Waals surface area (Å²) in [5.74, 6) is -1.68. The minimum absolute atomic E-state index is 0.00332. The van der Waals surface area contributed by atoms with E-state index in [0.717, 1.165) is 12.8 Å². The molecule has 0 atom stereocenters. The first kappa shape index (κ1) is 14.3. The van der Waals surface area contributed by atoms with E-state index in [4.69, 9.17) is 9.84 Å². The van der Waals surface area contributed by atoms with E-state index in [1.807, 2.05) is 11.9 Å². The summed E-state index contributed by atoms with van der Waals surface area (Å²) >= 11 is 3.02. The Labute approximate surface area is 119 Å². The lowest BCUT2D eigenvalue weighted by atomic mass is 10.1. The summed E-state index contributed by atoms with van der Waals surface area (Å²) in [7, 11) is 1.82. The lowest BCUT2D eigenvalue weighted by Gasteiger charge is -2.33. The number of benzene rings is 1. The van der Waals surface area contributed by atoms with Crippen LogP contribution < -0.4 is 4.90 Å². The fourth-order valence-electron chi connectivity index (χ4n) is 2.25. The molecule has 1 saturated heterocycles. The van der Waals surface area contributed by atoms with E-state index in [9.17, 15) is 9.18 Å². The number of hydrogen-bond donors (Lipinski definition) is 1. The summed E-state index contributed by atoms with van der Waals surface area (Å²) < 4.78 is 19.5. The summed E-state index contributed by atoms with van der Waals surface area (Å²) in [6, 6.07) is 3.14. The quantitative estimate of drug-likeness (QED) is 0.925. The van der Waals surface area contributed by atoms with Crippen LogP contribution in [0.25, 0.3) is 0 Å². The monoisotopic (exact) mass is 331 g/mol. The van der Waals surface area contributed by atoms with E-state index < -0.39 is 11.8 Å². The first-order chi connectivity index (χ1) is 9.02. The first-order valence-electron chi connectivity index (χ1n) is 6.04. The lowest BCUT2D eigenvalue weighted by molar-refractivity contribution is 0.0695. The van der Waals surface area contributed by atoms with Crippen LogP contribution in [0.4, 0.5) is 10.1 Å². The zero-order valence-corrected chi connectivity index (χ0v) is 12.1. The zero-order chi connectivity index (χ0) is 14.0. The largest absolute Gasteiger partial charge is 0.478 e. The van der Waals surface area contributed by atoms with Crippen molar-refractivity contribution in [3.63, 3.8) is 0 Å². The van der Waals surface area contributed by atoms with Gasteiger partial charge < -0.3 is 14.7 Å². The summed E-state index contributed by atoms with van der Waals surface area (Å²) in [5, 5.41) is 8.94. The minimum Gasteiger partial charge on any atom is -0.478 e. The van der Waals surface area contributed by atoms with Gasteiger partial charge in [0.2, 0.25) is 0 Å². The molecule has 1 fully saturated rings. The normalized spacial score (nSPS) is 16.4. The fraction of sp³-hybridized carbons (Fsp3) is 0.462. The summed E-state index contributed by atoms with van der Waals surface area (Å²) in [4.78, 5) is 12.8. The van der Waals surface area contributed by atoms with Gasteiger partial charge in [0.25, 0.3) is 0 Å². The number of halogens is 2. The molecule has 1 aromatic rings. The summed E-state index contributed by atoms with van der Waals surface area (Å²) in [6.07, 6.45) is 1.68. The molecule has 0 saturated carbocycles. The van der Waals surface area contributed by atoms with Gasteiger partial charge in [-0.1, -0.05) is 0 Å². The predicted octanol–water partition coefficient (Wildman–Crippen LogP) is 2.90. The SMILES string of the molecule is CN(c1ccc(C(=O)O)c(Br)c1F)C1CCOCC1. The topological polar surface area (TPSA) is 49.8 Å². The van der Waals surface area contributed by atoms with Crippen molar-refractivity contribution in [2.24, 2.45) is 0 Å². The van der Waals surface area contributed by atoms with Gasteiger partial charge in [0.05, 0.1) is 15.7 Å². The molecular formula is C13H15BrFNO3. The van der Waals surface area contributed by atoms with E-state index in [0.29, 0.717) is 18.9 Å². The summed E-state index contributed by atoms with van der Waals surface area (Å²) in [5.41, 5.74) is 0.338. The third kappa shape index (κ3) is 2.90. The molecule has 4 nitrogen and oxygen atoms in total. The Kier molecular flexibility index (Phi) is 4.42. The molecule has 1 aliphatic heterocycles. The van der Waals surface area contributed by atoms with Crippen LogP contribution in [0.3, 0.4) is 0 Å². The van der Waals surface area contributed by atoms with Crippen molar-refractivity contribution in [2.75, 3.05) is 25.2 Å². The van der Waals surface area contributed by atoms with Crippen LogP contribution >= 0.6 is 15.9 Å². The number of anilines is 1. The third-order valence-electron chi connectivity index (χ3n) is 3.41. The number of carboxylic acids is 1. The third-order valence-corrected chi connectivity index (χ3v) is 4.19. The van der Waals surface area contributed by atoms with E-state index >= 15 is 0 Å². The molecule has 1 N–H and O–H groups in total. The van der Waals surface area contributed by atoms with E-state index in [1.54, 1.807) is 0 Å². The van der Waals surface area contributed by atoms with Gasteiger partial charge in [0.1, 0.15) is 0 Å². The number of carboxylic acid groups (broad SMARTS) is 1. The van der Waals surface area contributed by atoms with Gasteiger partial charge in [-0.05, 0) is 40.9 Å². The molecule has 19 heavy (non-hydrogen) atoms. The number of rotatable bonds is 3. The molecule has 1 aromatic carbocycles. The van der Waals surface area contributed by atoms with Gasteiger partial charge in [-0.15, -0.1) is 0 Å². The standard InChI is InChI=1S/C13H15BrFNO3/c1-16(8-4-6-19-7-5-8)10-3-2-9(13(17)18)11(14)12(10)15/h2-3,8H,4-7H2,1H3,(H,17,18). The minimum atomic E-state index is -1.15. The molecule has 0 aliphatic carbocycles. The van der Waals surface area contributed by atoms with Crippen molar-refractivity contribution in [1.29, 1.82) is 0 Å². The van der Waals surface area contributed by atoms with Crippen molar-refractivity contribution in [3.8, 4) is 0 Å². The molecular weight excluding hydrogens is 317 g/mol. The highest BCUT2D eigenvalue weighted by Gasteiger charge is 2.23. The molecule has 0 unspecified atom stereocenters.